The number of esters is 1. The third kappa shape index (κ3) is 3.72. The highest BCUT2D eigenvalue weighted by Crippen LogP contribution is 2.30. The molecule has 0 aliphatic carbocycles. The summed E-state index contributed by atoms with van der Waals surface area (Å²) >= 11 is 1.13. The van der Waals surface area contributed by atoms with Gasteiger partial charge in [0.2, 0.25) is 0 Å². The maximum Gasteiger partial charge on any atom is 0.337 e. The van der Waals surface area contributed by atoms with E-state index in [1.165, 1.54) is 37.4 Å². The molecule has 2 heterocycles. The molecular weight excluding hydrogens is 362 g/mol. The van der Waals surface area contributed by atoms with Crippen LogP contribution in [0.3, 0.4) is 0 Å². The van der Waals surface area contributed by atoms with E-state index in [-0.39, 0.29) is 4.21 Å². The second-order valence-electron chi connectivity index (χ2n) is 5.23. The summed E-state index contributed by atoms with van der Waals surface area (Å²) < 4.78 is 32.3. The number of methoxy groups -OCH3 is 1. The Bertz CT molecular complexity index is 1000. The summed E-state index contributed by atoms with van der Waals surface area (Å²) in [7, 11) is -2.43. The highest BCUT2D eigenvalue weighted by atomic mass is 32.2. The van der Waals surface area contributed by atoms with Gasteiger partial charge in [0.1, 0.15) is 9.90 Å². The minimum absolute atomic E-state index is 0.181. The number of aromatic amines is 1. The molecule has 0 bridgehead atoms. The molecule has 0 fully saturated rings. The van der Waals surface area contributed by atoms with Gasteiger partial charge in [-0.05, 0) is 49.4 Å². The van der Waals surface area contributed by atoms with E-state index in [0.29, 0.717) is 16.9 Å². The Morgan fingerprint density at radius 2 is 1.92 bits per heavy atom. The maximum atomic E-state index is 12.5. The first-order valence-electron chi connectivity index (χ1n) is 7.22. The fraction of sp³-hybridized carbons (Fsp3) is 0.125. The molecule has 7 nitrogen and oxygen atoms in total. The van der Waals surface area contributed by atoms with Gasteiger partial charge < -0.3 is 4.74 Å². The summed E-state index contributed by atoms with van der Waals surface area (Å²) in [5.74, 6) is -0.480. The molecule has 3 rings (SSSR count). The molecule has 2 N–H and O–H groups in total. The number of hydrogen-bond acceptors (Lipinski definition) is 6. The topological polar surface area (TPSA) is 101 Å². The van der Waals surface area contributed by atoms with Crippen LogP contribution in [0.25, 0.3) is 10.6 Å². The number of benzene rings is 1. The van der Waals surface area contributed by atoms with Crippen molar-refractivity contribution in [2.75, 3.05) is 11.8 Å². The van der Waals surface area contributed by atoms with E-state index in [9.17, 15) is 13.2 Å². The molecule has 0 aliphatic heterocycles. The van der Waals surface area contributed by atoms with E-state index in [4.69, 9.17) is 0 Å². The number of sulfonamides is 1. The number of H-pyrrole nitrogens is 1. The summed E-state index contributed by atoms with van der Waals surface area (Å²) in [6.45, 7) is 1.88. The van der Waals surface area contributed by atoms with Crippen LogP contribution < -0.4 is 4.72 Å². The molecule has 9 heteroatoms. The Balaban J connectivity index is 1.80. The van der Waals surface area contributed by atoms with Crippen molar-refractivity contribution in [3.05, 3.63) is 53.7 Å². The molecule has 25 heavy (non-hydrogen) atoms. The number of carbonyl (C=O) groups excluding carboxylic acids is 1. The first-order chi connectivity index (χ1) is 11.9. The highest BCUT2D eigenvalue weighted by molar-refractivity contribution is 7.94. The van der Waals surface area contributed by atoms with E-state index in [2.05, 4.69) is 19.7 Å². The zero-order valence-electron chi connectivity index (χ0n) is 13.4. The number of ether oxygens (including phenoxy) is 1. The summed E-state index contributed by atoms with van der Waals surface area (Å²) in [6, 6.07) is 11.1. The molecule has 130 valence electrons. The Hall–Kier alpha value is -2.65. The third-order valence-corrected chi connectivity index (χ3v) is 6.34. The van der Waals surface area contributed by atoms with Crippen molar-refractivity contribution >= 4 is 33.0 Å². The van der Waals surface area contributed by atoms with Crippen molar-refractivity contribution in [1.29, 1.82) is 0 Å². The van der Waals surface area contributed by atoms with Crippen LogP contribution in [0.4, 0.5) is 5.69 Å². The van der Waals surface area contributed by atoms with E-state index in [1.54, 1.807) is 6.07 Å². The molecule has 0 unspecified atom stereocenters. The van der Waals surface area contributed by atoms with Crippen molar-refractivity contribution in [2.45, 2.75) is 11.1 Å². The summed E-state index contributed by atoms with van der Waals surface area (Å²) in [4.78, 5) is 12.2. The molecule has 0 saturated heterocycles. The minimum Gasteiger partial charge on any atom is -0.465 e. The van der Waals surface area contributed by atoms with Gasteiger partial charge in [-0.1, -0.05) is 0 Å². The Kier molecular flexibility index (Phi) is 4.60. The monoisotopic (exact) mass is 377 g/mol. The second kappa shape index (κ2) is 6.69. The predicted octanol–water partition coefficient (Wildman–Crippen LogP) is 3.03. The number of nitrogens with zero attached hydrogens (tertiary/aromatic N) is 1. The van der Waals surface area contributed by atoms with Gasteiger partial charge in [-0.3, -0.25) is 9.82 Å². The fourth-order valence-corrected chi connectivity index (χ4v) is 4.47. The third-order valence-electron chi connectivity index (χ3n) is 3.36. The normalized spacial score (nSPS) is 11.3. The smallest absolute Gasteiger partial charge is 0.337 e. The van der Waals surface area contributed by atoms with Gasteiger partial charge in [-0.25, -0.2) is 13.2 Å². The van der Waals surface area contributed by atoms with E-state index < -0.39 is 16.0 Å². The summed E-state index contributed by atoms with van der Waals surface area (Å²) in [5, 5.41) is 6.95. The number of carbonyl (C=O) groups is 1. The Morgan fingerprint density at radius 1 is 1.20 bits per heavy atom. The molecular formula is C16H15N3O4S2. The number of anilines is 1. The molecule has 3 aromatic rings. The van der Waals surface area contributed by atoms with Gasteiger partial charge in [-0.2, -0.15) is 5.10 Å². The van der Waals surface area contributed by atoms with Crippen molar-refractivity contribution in [3.8, 4) is 10.6 Å². The fourth-order valence-electron chi connectivity index (χ4n) is 2.14. The van der Waals surface area contributed by atoms with Crippen LogP contribution in [-0.4, -0.2) is 31.7 Å². The first-order valence-corrected chi connectivity index (χ1v) is 9.52. The number of nitrogens with one attached hydrogen (secondary N) is 2. The molecule has 1 aromatic carbocycles. The van der Waals surface area contributed by atoms with Gasteiger partial charge in [0.15, 0.2) is 0 Å². The van der Waals surface area contributed by atoms with Crippen LogP contribution in [-0.2, 0) is 14.8 Å². The lowest BCUT2D eigenvalue weighted by Gasteiger charge is -2.06. The van der Waals surface area contributed by atoms with E-state index in [1.807, 2.05) is 13.0 Å². The molecule has 0 amide bonds. The maximum absolute atomic E-state index is 12.5. The van der Waals surface area contributed by atoms with Gasteiger partial charge in [0.25, 0.3) is 10.0 Å². The summed E-state index contributed by atoms with van der Waals surface area (Å²) in [6.07, 6.45) is 0. The lowest BCUT2D eigenvalue weighted by Crippen LogP contribution is -2.11. The van der Waals surface area contributed by atoms with Crippen LogP contribution >= 0.6 is 11.3 Å². The Morgan fingerprint density at radius 3 is 2.52 bits per heavy atom. The standard InChI is InChI=1S/C16H15N3O4S2/c1-10-9-13(18-17-10)14-7-8-15(24-14)25(21,22)19-12-5-3-11(4-6-12)16(20)23-2/h3-9,19H,1-2H3,(H,17,18). The lowest BCUT2D eigenvalue weighted by atomic mass is 10.2. The number of aryl methyl sites for hydroxylation is 1. The number of hydrogen-bond donors (Lipinski definition) is 2. The average molecular weight is 377 g/mol. The predicted molar refractivity (Wildman–Crippen MR) is 95.2 cm³/mol. The Labute approximate surface area is 148 Å². The van der Waals surface area contributed by atoms with Crippen LogP contribution in [0.5, 0.6) is 0 Å². The van der Waals surface area contributed by atoms with Crippen LogP contribution in [0, 0.1) is 6.92 Å². The SMILES string of the molecule is COC(=O)c1ccc(NS(=O)(=O)c2ccc(-c3cc(C)[nH]n3)s2)cc1. The average Bonchev–Trinajstić information content (AvgIpc) is 3.23. The highest BCUT2D eigenvalue weighted by Gasteiger charge is 2.18. The van der Waals surface area contributed by atoms with Crippen molar-refractivity contribution in [2.24, 2.45) is 0 Å². The zero-order chi connectivity index (χ0) is 18.0. The van der Waals surface area contributed by atoms with Crippen molar-refractivity contribution < 1.29 is 17.9 Å². The molecule has 0 saturated carbocycles. The lowest BCUT2D eigenvalue weighted by molar-refractivity contribution is 0.0601. The van der Waals surface area contributed by atoms with E-state index >= 15 is 0 Å². The first kappa shape index (κ1) is 17.2. The van der Waals surface area contributed by atoms with Crippen LogP contribution in [0.2, 0.25) is 0 Å². The zero-order valence-corrected chi connectivity index (χ0v) is 15.1. The largest absolute Gasteiger partial charge is 0.465 e. The van der Waals surface area contributed by atoms with Gasteiger partial charge in [-0.15, -0.1) is 11.3 Å². The van der Waals surface area contributed by atoms with E-state index in [0.717, 1.165) is 21.9 Å². The number of thiophene rings is 1. The number of rotatable bonds is 5. The molecule has 2 aromatic heterocycles. The summed E-state index contributed by atoms with van der Waals surface area (Å²) in [5.41, 5.74) is 2.30. The minimum atomic E-state index is -3.72. The van der Waals surface area contributed by atoms with Crippen molar-refractivity contribution in [1.82, 2.24) is 10.2 Å². The molecule has 0 spiro atoms. The van der Waals surface area contributed by atoms with Crippen LogP contribution in [0.15, 0.2) is 46.7 Å². The van der Waals surface area contributed by atoms with Gasteiger partial charge >= 0.3 is 5.97 Å². The van der Waals surface area contributed by atoms with Gasteiger partial charge in [0.05, 0.1) is 17.6 Å². The van der Waals surface area contributed by atoms with Crippen molar-refractivity contribution in [3.63, 3.8) is 0 Å². The van der Waals surface area contributed by atoms with Crippen LogP contribution in [0.1, 0.15) is 16.1 Å². The molecule has 0 radical (unpaired) electrons. The van der Waals surface area contributed by atoms with Gasteiger partial charge in [0, 0.05) is 11.4 Å². The number of aromatic nitrogens is 2. The molecule has 0 aliphatic rings. The quantitative estimate of drug-likeness (QED) is 0.666. The second-order valence-corrected chi connectivity index (χ2v) is 8.22. The molecule has 0 atom stereocenters.